The molecule has 2 unspecified atom stereocenters. The van der Waals surface area contributed by atoms with Crippen molar-refractivity contribution in [3.63, 3.8) is 0 Å². The van der Waals surface area contributed by atoms with Crippen molar-refractivity contribution in [1.29, 1.82) is 0 Å². The van der Waals surface area contributed by atoms with Crippen LogP contribution in [0.15, 0.2) is 42.5 Å². The summed E-state index contributed by atoms with van der Waals surface area (Å²) in [7, 11) is 0. The van der Waals surface area contributed by atoms with Crippen LogP contribution in [0, 0.1) is 6.92 Å². The third-order valence-corrected chi connectivity index (χ3v) is 5.76. The van der Waals surface area contributed by atoms with E-state index in [1.807, 2.05) is 43.3 Å². The van der Waals surface area contributed by atoms with E-state index >= 15 is 0 Å². The van der Waals surface area contributed by atoms with Crippen LogP contribution < -0.4 is 10.6 Å². The molecule has 2 aromatic carbocycles. The summed E-state index contributed by atoms with van der Waals surface area (Å²) in [6.07, 6.45) is 1.81. The second-order valence-electron chi connectivity index (χ2n) is 7.38. The SMILES string of the molecule is Cc1cccc2c1NC(=O)C21Nc2ccccc2C(=O)N1CC1CCCO1. The van der Waals surface area contributed by atoms with Gasteiger partial charge in [0.2, 0.25) is 5.66 Å². The normalized spacial score (nSPS) is 26.0. The number of hydrogen-bond acceptors (Lipinski definition) is 4. The molecule has 2 atom stereocenters. The van der Waals surface area contributed by atoms with Crippen molar-refractivity contribution in [2.45, 2.75) is 31.5 Å². The van der Waals surface area contributed by atoms with Gasteiger partial charge in [0.25, 0.3) is 11.8 Å². The van der Waals surface area contributed by atoms with Crippen LogP contribution in [0.1, 0.15) is 34.3 Å². The standard InChI is InChI=1S/C21H21N3O3/c1-13-6-4-9-16-18(13)22-20(26)21(16)23-17-10-3-2-8-15(17)19(25)24(21)12-14-7-5-11-27-14/h2-4,6,8-10,14,23H,5,7,11-12H2,1H3,(H,22,26). The van der Waals surface area contributed by atoms with Gasteiger partial charge in [-0.1, -0.05) is 30.3 Å². The Morgan fingerprint density at radius 1 is 1.19 bits per heavy atom. The first-order chi connectivity index (χ1) is 13.1. The van der Waals surface area contributed by atoms with E-state index in [4.69, 9.17) is 4.74 Å². The van der Waals surface area contributed by atoms with Crippen molar-refractivity contribution in [2.24, 2.45) is 0 Å². The number of anilines is 2. The first kappa shape index (κ1) is 16.3. The monoisotopic (exact) mass is 363 g/mol. The average Bonchev–Trinajstić information content (AvgIpc) is 3.27. The third-order valence-electron chi connectivity index (χ3n) is 5.76. The van der Waals surface area contributed by atoms with E-state index in [1.54, 1.807) is 11.0 Å². The number of benzene rings is 2. The minimum absolute atomic E-state index is 0.0560. The van der Waals surface area contributed by atoms with E-state index in [0.717, 1.165) is 29.7 Å². The topological polar surface area (TPSA) is 70.7 Å². The maximum absolute atomic E-state index is 13.5. The minimum Gasteiger partial charge on any atom is -0.376 e. The molecule has 3 aliphatic heterocycles. The van der Waals surface area contributed by atoms with E-state index in [2.05, 4.69) is 10.6 Å². The van der Waals surface area contributed by atoms with Gasteiger partial charge in [0.05, 0.1) is 23.9 Å². The van der Waals surface area contributed by atoms with E-state index in [-0.39, 0.29) is 17.9 Å². The fraction of sp³-hybridized carbons (Fsp3) is 0.333. The third kappa shape index (κ3) is 2.23. The Hall–Kier alpha value is -2.86. The second-order valence-corrected chi connectivity index (χ2v) is 7.38. The van der Waals surface area contributed by atoms with Gasteiger partial charge in [-0.05, 0) is 37.5 Å². The number of rotatable bonds is 2. The molecule has 2 N–H and O–H groups in total. The number of fused-ring (bicyclic) bond motifs is 3. The van der Waals surface area contributed by atoms with Crippen molar-refractivity contribution in [3.05, 3.63) is 59.2 Å². The van der Waals surface area contributed by atoms with Crippen molar-refractivity contribution >= 4 is 23.2 Å². The number of hydrogen-bond donors (Lipinski definition) is 2. The Labute approximate surface area is 157 Å². The Balaban J connectivity index is 1.70. The predicted octanol–water partition coefficient (Wildman–Crippen LogP) is 2.85. The number of para-hydroxylation sites is 2. The van der Waals surface area contributed by atoms with Crippen LogP contribution in [0.2, 0.25) is 0 Å². The lowest BCUT2D eigenvalue weighted by atomic mass is 9.91. The van der Waals surface area contributed by atoms with E-state index in [9.17, 15) is 9.59 Å². The van der Waals surface area contributed by atoms with Crippen LogP contribution in [-0.2, 0) is 15.2 Å². The fourth-order valence-electron chi connectivity index (χ4n) is 4.40. The van der Waals surface area contributed by atoms with Crippen LogP contribution in [0.4, 0.5) is 11.4 Å². The average molecular weight is 363 g/mol. The number of aryl methyl sites for hydroxylation is 1. The molecule has 0 saturated carbocycles. The minimum atomic E-state index is -1.25. The first-order valence-electron chi connectivity index (χ1n) is 9.33. The molecule has 3 aliphatic rings. The van der Waals surface area contributed by atoms with Crippen LogP contribution in [-0.4, -0.2) is 36.0 Å². The summed E-state index contributed by atoms with van der Waals surface area (Å²) in [5.41, 5.74) is 2.54. The van der Waals surface area contributed by atoms with Crippen LogP contribution in [0.25, 0.3) is 0 Å². The molecule has 0 aliphatic carbocycles. The quantitative estimate of drug-likeness (QED) is 0.861. The second kappa shape index (κ2) is 5.82. The van der Waals surface area contributed by atoms with Gasteiger partial charge in [0, 0.05) is 17.9 Å². The number of nitrogens with one attached hydrogen (secondary N) is 2. The van der Waals surface area contributed by atoms with Gasteiger partial charge in [0.1, 0.15) is 0 Å². The molecule has 0 radical (unpaired) electrons. The highest BCUT2D eigenvalue weighted by molar-refractivity contribution is 6.14. The number of carbonyl (C=O) groups is 2. The molecule has 0 bridgehead atoms. The predicted molar refractivity (Wildman–Crippen MR) is 102 cm³/mol. The highest BCUT2D eigenvalue weighted by Gasteiger charge is 2.57. The van der Waals surface area contributed by atoms with Gasteiger partial charge in [-0.15, -0.1) is 0 Å². The lowest BCUT2D eigenvalue weighted by Gasteiger charge is -2.45. The smallest absolute Gasteiger partial charge is 0.276 e. The van der Waals surface area contributed by atoms with E-state index in [1.165, 1.54) is 0 Å². The van der Waals surface area contributed by atoms with Gasteiger partial charge in [-0.2, -0.15) is 0 Å². The van der Waals surface area contributed by atoms with Crippen molar-refractivity contribution in [1.82, 2.24) is 4.90 Å². The number of ether oxygens (including phenoxy) is 1. The van der Waals surface area contributed by atoms with Crippen LogP contribution in [0.3, 0.4) is 0 Å². The largest absolute Gasteiger partial charge is 0.376 e. The summed E-state index contributed by atoms with van der Waals surface area (Å²) in [5.74, 6) is -0.378. The zero-order chi connectivity index (χ0) is 18.6. The molecule has 2 aromatic rings. The molecule has 6 nitrogen and oxygen atoms in total. The van der Waals surface area contributed by atoms with Gasteiger partial charge >= 0.3 is 0 Å². The summed E-state index contributed by atoms with van der Waals surface area (Å²) >= 11 is 0. The van der Waals surface area contributed by atoms with Gasteiger partial charge in [-0.25, -0.2) is 0 Å². The van der Waals surface area contributed by atoms with Crippen molar-refractivity contribution in [3.8, 4) is 0 Å². The van der Waals surface area contributed by atoms with Gasteiger partial charge < -0.3 is 20.3 Å². The van der Waals surface area contributed by atoms with Crippen LogP contribution in [0.5, 0.6) is 0 Å². The highest BCUT2D eigenvalue weighted by Crippen LogP contribution is 2.46. The molecule has 5 rings (SSSR count). The molecule has 27 heavy (non-hydrogen) atoms. The van der Waals surface area contributed by atoms with Crippen LogP contribution >= 0.6 is 0 Å². The maximum Gasteiger partial charge on any atom is 0.276 e. The molecular formula is C21H21N3O3. The van der Waals surface area contributed by atoms with Crippen molar-refractivity contribution < 1.29 is 14.3 Å². The summed E-state index contributed by atoms with van der Waals surface area (Å²) in [5, 5.41) is 6.39. The summed E-state index contributed by atoms with van der Waals surface area (Å²) < 4.78 is 5.79. The Kier molecular flexibility index (Phi) is 3.52. The first-order valence-corrected chi connectivity index (χ1v) is 9.33. The molecule has 6 heteroatoms. The zero-order valence-electron chi connectivity index (χ0n) is 15.1. The summed E-state index contributed by atoms with van der Waals surface area (Å²) in [4.78, 5) is 28.4. The molecule has 0 aromatic heterocycles. The van der Waals surface area contributed by atoms with E-state index < -0.39 is 5.66 Å². The summed E-state index contributed by atoms with van der Waals surface area (Å²) in [6, 6.07) is 13.1. The fourth-order valence-corrected chi connectivity index (χ4v) is 4.40. The Morgan fingerprint density at radius 3 is 2.85 bits per heavy atom. The van der Waals surface area contributed by atoms with Gasteiger partial charge in [0.15, 0.2) is 0 Å². The lowest BCUT2D eigenvalue weighted by Crippen LogP contribution is -2.62. The lowest BCUT2D eigenvalue weighted by molar-refractivity contribution is -0.125. The highest BCUT2D eigenvalue weighted by atomic mass is 16.5. The number of nitrogens with zero attached hydrogens (tertiary/aromatic N) is 1. The molecule has 1 saturated heterocycles. The molecule has 1 spiro atoms. The molecular weight excluding hydrogens is 342 g/mol. The van der Waals surface area contributed by atoms with Gasteiger partial charge in [-0.3, -0.25) is 9.59 Å². The molecule has 2 amide bonds. The van der Waals surface area contributed by atoms with Crippen molar-refractivity contribution in [2.75, 3.05) is 23.8 Å². The molecule has 1 fully saturated rings. The number of amides is 2. The molecule has 3 heterocycles. The summed E-state index contributed by atoms with van der Waals surface area (Å²) in [6.45, 7) is 3.04. The zero-order valence-corrected chi connectivity index (χ0v) is 15.1. The maximum atomic E-state index is 13.5. The molecule has 138 valence electrons. The van der Waals surface area contributed by atoms with E-state index in [0.29, 0.717) is 24.4 Å². The number of carbonyl (C=O) groups excluding carboxylic acids is 2. The Morgan fingerprint density at radius 2 is 2.04 bits per heavy atom. The Bertz CT molecular complexity index is 951.